The Morgan fingerprint density at radius 1 is 1.23 bits per heavy atom. The van der Waals surface area contributed by atoms with Crippen molar-refractivity contribution in [3.8, 4) is 17.6 Å². The number of anilines is 1. The second-order valence-electron chi connectivity index (χ2n) is 5.21. The summed E-state index contributed by atoms with van der Waals surface area (Å²) in [5, 5.41) is 8.63. The second-order valence-corrected chi connectivity index (χ2v) is 6.89. The Labute approximate surface area is 160 Å². The lowest BCUT2D eigenvalue weighted by atomic mass is 10.2. The first-order valence-corrected chi connectivity index (χ1v) is 8.87. The number of thioether (sulfide) groups is 1. The summed E-state index contributed by atoms with van der Waals surface area (Å²) in [7, 11) is 1.52. The zero-order valence-corrected chi connectivity index (χ0v) is 15.5. The molecule has 0 saturated carbocycles. The third-order valence-electron chi connectivity index (χ3n) is 3.59. The molecule has 2 aromatic rings. The van der Waals surface area contributed by atoms with Crippen molar-refractivity contribution in [2.45, 2.75) is 0 Å². The van der Waals surface area contributed by atoms with Gasteiger partial charge in [-0.2, -0.15) is 5.26 Å². The predicted molar refractivity (Wildman–Crippen MR) is 106 cm³/mol. The topological polar surface area (TPSA) is 62.6 Å². The van der Waals surface area contributed by atoms with Crippen molar-refractivity contribution in [1.29, 1.82) is 5.26 Å². The molecular weight excluding hydrogens is 368 g/mol. The molecule has 0 bridgehead atoms. The van der Waals surface area contributed by atoms with Crippen LogP contribution in [-0.2, 0) is 4.79 Å². The Morgan fingerprint density at radius 2 is 2.00 bits per heavy atom. The molecule has 130 valence electrons. The van der Waals surface area contributed by atoms with E-state index in [1.165, 1.54) is 23.8 Å². The van der Waals surface area contributed by atoms with Crippen molar-refractivity contribution in [3.63, 3.8) is 0 Å². The molecule has 0 atom stereocenters. The third kappa shape index (κ3) is 3.72. The van der Waals surface area contributed by atoms with E-state index in [0.717, 1.165) is 11.3 Å². The third-order valence-corrected chi connectivity index (χ3v) is 4.89. The Hall–Kier alpha value is -2.82. The molecule has 0 aromatic heterocycles. The van der Waals surface area contributed by atoms with E-state index in [2.05, 4.69) is 0 Å². The molecule has 1 aliphatic rings. The van der Waals surface area contributed by atoms with Gasteiger partial charge in [-0.05, 0) is 35.9 Å². The molecule has 3 rings (SSSR count). The van der Waals surface area contributed by atoms with Gasteiger partial charge in [0.05, 0.1) is 17.7 Å². The molecule has 1 saturated heterocycles. The largest absolute Gasteiger partial charge is 0.493 e. The molecule has 0 N–H and O–H groups in total. The summed E-state index contributed by atoms with van der Waals surface area (Å²) in [5.41, 5.74) is 1.52. The summed E-state index contributed by atoms with van der Waals surface area (Å²) in [6, 6.07) is 16.5. The Balaban J connectivity index is 1.88. The number of nitrogens with zero attached hydrogens (tertiary/aromatic N) is 2. The maximum absolute atomic E-state index is 12.7. The lowest BCUT2D eigenvalue weighted by Gasteiger charge is -2.13. The molecule has 5 nitrogen and oxygen atoms in total. The zero-order valence-electron chi connectivity index (χ0n) is 13.8. The van der Waals surface area contributed by atoms with E-state index in [4.69, 9.17) is 27.0 Å². The van der Waals surface area contributed by atoms with E-state index in [-0.39, 0.29) is 12.5 Å². The molecule has 1 heterocycles. The van der Waals surface area contributed by atoms with Crippen LogP contribution in [0.4, 0.5) is 5.69 Å². The smallest absolute Gasteiger partial charge is 0.270 e. The molecule has 0 aliphatic carbocycles. The highest BCUT2D eigenvalue weighted by Gasteiger charge is 2.33. The SMILES string of the molecule is COc1cc(/C=C2/SC(=S)N(c3ccccc3)C2=O)ccc1OCC#N. The first-order valence-electron chi connectivity index (χ1n) is 7.65. The van der Waals surface area contributed by atoms with Crippen molar-refractivity contribution in [2.75, 3.05) is 18.6 Å². The van der Waals surface area contributed by atoms with Crippen LogP contribution in [0.2, 0.25) is 0 Å². The molecule has 0 radical (unpaired) electrons. The van der Waals surface area contributed by atoms with Gasteiger partial charge < -0.3 is 9.47 Å². The molecule has 0 spiro atoms. The van der Waals surface area contributed by atoms with Crippen LogP contribution >= 0.6 is 24.0 Å². The van der Waals surface area contributed by atoms with E-state index >= 15 is 0 Å². The number of para-hydroxylation sites is 1. The number of hydrogen-bond acceptors (Lipinski definition) is 6. The number of amides is 1. The maximum atomic E-state index is 12.7. The first-order chi connectivity index (χ1) is 12.6. The van der Waals surface area contributed by atoms with Gasteiger partial charge in [-0.3, -0.25) is 9.69 Å². The van der Waals surface area contributed by atoms with Crippen LogP contribution in [0.25, 0.3) is 6.08 Å². The minimum absolute atomic E-state index is 0.0640. The van der Waals surface area contributed by atoms with Gasteiger partial charge >= 0.3 is 0 Å². The monoisotopic (exact) mass is 382 g/mol. The van der Waals surface area contributed by atoms with Crippen molar-refractivity contribution in [2.24, 2.45) is 0 Å². The van der Waals surface area contributed by atoms with Crippen molar-refractivity contribution in [1.82, 2.24) is 0 Å². The number of benzene rings is 2. The molecule has 1 fully saturated rings. The molecule has 0 unspecified atom stereocenters. The Kier molecular flexibility index (Phi) is 5.56. The summed E-state index contributed by atoms with van der Waals surface area (Å²) in [4.78, 5) is 14.8. The lowest BCUT2D eigenvalue weighted by Crippen LogP contribution is -2.27. The highest BCUT2D eigenvalue weighted by atomic mass is 32.2. The van der Waals surface area contributed by atoms with Gasteiger partial charge in [-0.15, -0.1) is 0 Å². The lowest BCUT2D eigenvalue weighted by molar-refractivity contribution is -0.113. The molecule has 1 amide bonds. The fourth-order valence-corrected chi connectivity index (χ4v) is 3.72. The van der Waals surface area contributed by atoms with Gasteiger partial charge in [0, 0.05) is 0 Å². The number of nitriles is 1. The number of rotatable bonds is 5. The molecule has 26 heavy (non-hydrogen) atoms. The number of methoxy groups -OCH3 is 1. The molecule has 7 heteroatoms. The van der Waals surface area contributed by atoms with Crippen LogP contribution in [0.5, 0.6) is 11.5 Å². The van der Waals surface area contributed by atoms with Crippen LogP contribution in [0.15, 0.2) is 53.4 Å². The second kappa shape index (κ2) is 8.04. The van der Waals surface area contributed by atoms with E-state index in [1.807, 2.05) is 36.4 Å². The van der Waals surface area contributed by atoms with Crippen LogP contribution in [0.3, 0.4) is 0 Å². The fourth-order valence-electron chi connectivity index (χ4n) is 2.42. The zero-order chi connectivity index (χ0) is 18.5. The summed E-state index contributed by atoms with van der Waals surface area (Å²) < 4.78 is 11.1. The van der Waals surface area contributed by atoms with Crippen molar-refractivity contribution >= 4 is 46.0 Å². The average molecular weight is 382 g/mol. The Bertz CT molecular complexity index is 920. The highest BCUT2D eigenvalue weighted by molar-refractivity contribution is 8.27. The average Bonchev–Trinajstić information content (AvgIpc) is 2.94. The number of ether oxygens (including phenoxy) is 2. The molecule has 2 aromatic carbocycles. The van der Waals surface area contributed by atoms with Gasteiger partial charge in [0.2, 0.25) is 0 Å². The van der Waals surface area contributed by atoms with Gasteiger partial charge in [0.1, 0.15) is 6.07 Å². The van der Waals surface area contributed by atoms with Gasteiger partial charge in [0.25, 0.3) is 5.91 Å². The van der Waals surface area contributed by atoms with Gasteiger partial charge in [0.15, 0.2) is 22.4 Å². The normalized spacial score (nSPS) is 15.2. The predicted octanol–water partition coefficient (Wildman–Crippen LogP) is 4.00. The van der Waals surface area contributed by atoms with E-state index in [1.54, 1.807) is 24.3 Å². The summed E-state index contributed by atoms with van der Waals surface area (Å²) in [6.45, 7) is -0.0640. The number of carbonyl (C=O) groups is 1. The van der Waals surface area contributed by atoms with E-state index in [9.17, 15) is 4.79 Å². The summed E-state index contributed by atoms with van der Waals surface area (Å²) >= 11 is 6.62. The maximum Gasteiger partial charge on any atom is 0.270 e. The Morgan fingerprint density at radius 3 is 2.69 bits per heavy atom. The first kappa shape index (κ1) is 18.0. The standard InChI is InChI=1S/C19H14N2O3S2/c1-23-16-11-13(7-8-15(16)24-10-9-20)12-17-18(22)21(19(25)26-17)14-5-3-2-4-6-14/h2-8,11-12H,10H2,1H3/b17-12+. The van der Waals surface area contributed by atoms with Gasteiger partial charge in [-0.1, -0.05) is 48.2 Å². The number of hydrogen-bond donors (Lipinski definition) is 0. The van der Waals surface area contributed by atoms with Gasteiger partial charge in [-0.25, -0.2) is 0 Å². The van der Waals surface area contributed by atoms with Crippen LogP contribution in [-0.4, -0.2) is 23.9 Å². The van der Waals surface area contributed by atoms with E-state index < -0.39 is 0 Å². The minimum atomic E-state index is -0.157. The highest BCUT2D eigenvalue weighted by Crippen LogP contribution is 2.37. The van der Waals surface area contributed by atoms with Crippen LogP contribution in [0, 0.1) is 11.3 Å². The number of carbonyl (C=O) groups excluding carboxylic acids is 1. The fraction of sp³-hybridized carbons (Fsp3) is 0.105. The summed E-state index contributed by atoms with van der Waals surface area (Å²) in [6.07, 6.45) is 1.76. The quantitative estimate of drug-likeness (QED) is 0.575. The van der Waals surface area contributed by atoms with Crippen LogP contribution in [0.1, 0.15) is 5.56 Å². The van der Waals surface area contributed by atoms with Crippen molar-refractivity contribution < 1.29 is 14.3 Å². The molecular formula is C19H14N2O3S2. The van der Waals surface area contributed by atoms with Crippen LogP contribution < -0.4 is 14.4 Å². The van der Waals surface area contributed by atoms with Crippen molar-refractivity contribution in [3.05, 3.63) is 59.0 Å². The van der Waals surface area contributed by atoms with E-state index in [0.29, 0.717) is 20.7 Å². The number of thiocarbonyl (C=S) groups is 1. The minimum Gasteiger partial charge on any atom is -0.493 e. The molecule has 1 aliphatic heterocycles. The summed E-state index contributed by atoms with van der Waals surface area (Å²) in [5.74, 6) is 0.811.